The Morgan fingerprint density at radius 3 is 2.52 bits per heavy atom. The lowest BCUT2D eigenvalue weighted by molar-refractivity contribution is 0.0345. The number of rotatable bonds is 5. The number of carbonyl (C=O) groups is 2. The van der Waals surface area contributed by atoms with Gasteiger partial charge in [-0.1, -0.05) is 11.6 Å². The Bertz CT molecular complexity index is 832. The second kappa shape index (κ2) is 8.71. The van der Waals surface area contributed by atoms with Crippen LogP contribution in [0.25, 0.3) is 0 Å². The molecule has 1 saturated heterocycles. The van der Waals surface area contributed by atoms with E-state index in [9.17, 15) is 9.59 Å². The summed E-state index contributed by atoms with van der Waals surface area (Å²) in [5.74, 6) is -0.557. The molecular formula is C18H21ClN4O3S. The molecule has 1 aliphatic rings. The lowest BCUT2D eigenvalue weighted by Gasteiger charge is -2.26. The maximum absolute atomic E-state index is 12.3. The Morgan fingerprint density at radius 1 is 1.22 bits per heavy atom. The molecule has 9 heteroatoms. The largest absolute Gasteiger partial charge is 0.379 e. The van der Waals surface area contributed by atoms with E-state index < -0.39 is 11.9 Å². The molecule has 0 spiro atoms. The van der Waals surface area contributed by atoms with Crippen molar-refractivity contribution < 1.29 is 14.3 Å². The van der Waals surface area contributed by atoms with Gasteiger partial charge in [-0.15, -0.1) is 11.3 Å². The van der Waals surface area contributed by atoms with Crippen molar-refractivity contribution in [2.75, 3.05) is 36.9 Å². The van der Waals surface area contributed by atoms with Gasteiger partial charge in [0.15, 0.2) is 0 Å². The Kier molecular flexibility index (Phi) is 6.33. The first-order valence-corrected chi connectivity index (χ1v) is 9.69. The van der Waals surface area contributed by atoms with E-state index in [-0.39, 0.29) is 0 Å². The molecule has 1 aliphatic heterocycles. The summed E-state index contributed by atoms with van der Waals surface area (Å²) in [6.07, 6.45) is 0. The minimum atomic E-state index is -0.557. The van der Waals surface area contributed by atoms with Crippen molar-refractivity contribution in [1.29, 1.82) is 0 Å². The summed E-state index contributed by atoms with van der Waals surface area (Å²) in [5.41, 5.74) is 7.31. The van der Waals surface area contributed by atoms with Gasteiger partial charge in [0.1, 0.15) is 5.00 Å². The van der Waals surface area contributed by atoms with Crippen LogP contribution in [0.3, 0.4) is 0 Å². The van der Waals surface area contributed by atoms with Crippen LogP contribution in [0.15, 0.2) is 24.3 Å². The van der Waals surface area contributed by atoms with Gasteiger partial charge in [0.25, 0.3) is 5.91 Å². The van der Waals surface area contributed by atoms with Gasteiger partial charge in [-0.2, -0.15) is 0 Å². The van der Waals surface area contributed by atoms with Crippen molar-refractivity contribution in [2.45, 2.75) is 13.5 Å². The third kappa shape index (κ3) is 4.98. The number of benzene rings is 1. The smallest absolute Gasteiger partial charge is 0.324 e. The van der Waals surface area contributed by atoms with Gasteiger partial charge < -0.3 is 15.8 Å². The monoisotopic (exact) mass is 408 g/mol. The number of nitrogens with two attached hydrogens (primary N) is 1. The molecule has 0 aliphatic carbocycles. The average Bonchev–Trinajstić information content (AvgIpc) is 2.93. The second-order valence-electron chi connectivity index (χ2n) is 6.19. The minimum absolute atomic E-state index is 0.356. The fourth-order valence-corrected chi connectivity index (χ4v) is 4.23. The first-order valence-electron chi connectivity index (χ1n) is 8.50. The normalized spacial score (nSPS) is 14.7. The summed E-state index contributed by atoms with van der Waals surface area (Å²) in [4.78, 5) is 27.5. The van der Waals surface area contributed by atoms with Crippen LogP contribution >= 0.6 is 22.9 Å². The molecule has 1 aromatic carbocycles. The number of carbonyl (C=O) groups excluding carboxylic acids is 2. The second-order valence-corrected chi connectivity index (χ2v) is 7.73. The zero-order chi connectivity index (χ0) is 19.4. The summed E-state index contributed by atoms with van der Waals surface area (Å²) in [6, 6.07) is 6.31. The highest BCUT2D eigenvalue weighted by atomic mass is 35.5. The van der Waals surface area contributed by atoms with Crippen molar-refractivity contribution >= 4 is 45.6 Å². The highest BCUT2D eigenvalue weighted by molar-refractivity contribution is 7.17. The van der Waals surface area contributed by atoms with E-state index >= 15 is 0 Å². The topological polar surface area (TPSA) is 96.7 Å². The van der Waals surface area contributed by atoms with Crippen LogP contribution in [0.5, 0.6) is 0 Å². The number of hydrogen-bond acceptors (Lipinski definition) is 5. The summed E-state index contributed by atoms with van der Waals surface area (Å²) in [5, 5.41) is 6.49. The molecule has 27 heavy (non-hydrogen) atoms. The quantitative estimate of drug-likeness (QED) is 0.707. The molecule has 1 fully saturated rings. The third-order valence-corrected chi connectivity index (χ3v) is 5.74. The molecule has 144 valence electrons. The van der Waals surface area contributed by atoms with Gasteiger partial charge in [-0.05, 0) is 36.8 Å². The summed E-state index contributed by atoms with van der Waals surface area (Å²) in [7, 11) is 0. The SMILES string of the molecule is Cc1c(CN2CCOCC2)sc(NC(=O)Nc2ccc(Cl)cc2)c1C(N)=O. The lowest BCUT2D eigenvalue weighted by atomic mass is 10.1. The van der Waals surface area contributed by atoms with Gasteiger partial charge in [-0.3, -0.25) is 15.0 Å². The number of ether oxygens (including phenoxy) is 1. The molecule has 0 radical (unpaired) electrons. The summed E-state index contributed by atoms with van der Waals surface area (Å²) >= 11 is 7.22. The molecule has 3 amide bonds. The highest BCUT2D eigenvalue weighted by Gasteiger charge is 2.22. The van der Waals surface area contributed by atoms with Crippen LogP contribution in [-0.4, -0.2) is 43.1 Å². The van der Waals surface area contributed by atoms with E-state index in [1.807, 2.05) is 6.92 Å². The molecular weight excluding hydrogens is 388 g/mol. The van der Waals surface area contributed by atoms with Crippen LogP contribution < -0.4 is 16.4 Å². The fraction of sp³-hybridized carbons (Fsp3) is 0.333. The van der Waals surface area contributed by atoms with Crippen LogP contribution in [0, 0.1) is 6.92 Å². The van der Waals surface area contributed by atoms with E-state index in [0.29, 0.717) is 41.0 Å². The predicted octanol–water partition coefficient (Wildman–Crippen LogP) is 3.29. The Balaban J connectivity index is 1.74. The van der Waals surface area contributed by atoms with Crippen molar-refractivity contribution in [1.82, 2.24) is 4.90 Å². The van der Waals surface area contributed by atoms with Crippen molar-refractivity contribution in [3.05, 3.63) is 45.3 Å². The Morgan fingerprint density at radius 2 is 1.89 bits per heavy atom. The van der Waals surface area contributed by atoms with E-state index in [1.165, 1.54) is 11.3 Å². The van der Waals surface area contributed by atoms with Crippen LogP contribution in [0.1, 0.15) is 20.8 Å². The molecule has 3 rings (SSSR count). The van der Waals surface area contributed by atoms with Crippen LogP contribution in [-0.2, 0) is 11.3 Å². The third-order valence-electron chi connectivity index (χ3n) is 4.29. The number of nitrogens with zero attached hydrogens (tertiary/aromatic N) is 1. The lowest BCUT2D eigenvalue weighted by Crippen LogP contribution is -2.35. The average molecular weight is 409 g/mol. The number of thiophene rings is 1. The number of primary amides is 1. The molecule has 0 atom stereocenters. The number of nitrogens with one attached hydrogen (secondary N) is 2. The molecule has 2 aromatic rings. The zero-order valence-electron chi connectivity index (χ0n) is 14.9. The number of morpholine rings is 1. The molecule has 0 saturated carbocycles. The molecule has 2 heterocycles. The summed E-state index contributed by atoms with van der Waals surface area (Å²) < 4.78 is 5.37. The summed E-state index contributed by atoms with van der Waals surface area (Å²) in [6.45, 7) is 5.62. The van der Waals surface area contributed by atoms with Gasteiger partial charge in [0.2, 0.25) is 0 Å². The van der Waals surface area contributed by atoms with Crippen molar-refractivity contribution in [3.8, 4) is 0 Å². The standard InChI is InChI=1S/C18H21ClN4O3S/c1-11-14(10-23-6-8-26-9-7-23)27-17(15(11)16(20)24)22-18(25)21-13-4-2-12(19)3-5-13/h2-5H,6-10H2,1H3,(H2,20,24)(H2,21,22,25). The number of urea groups is 1. The van der Waals surface area contributed by atoms with E-state index in [0.717, 1.165) is 23.5 Å². The maximum atomic E-state index is 12.3. The Hall–Kier alpha value is -2.13. The molecule has 1 aromatic heterocycles. The number of hydrogen-bond donors (Lipinski definition) is 3. The molecule has 7 nitrogen and oxygen atoms in total. The fourth-order valence-electron chi connectivity index (χ4n) is 2.86. The van der Waals surface area contributed by atoms with Gasteiger partial charge in [0, 0.05) is 35.2 Å². The maximum Gasteiger partial charge on any atom is 0.324 e. The van der Waals surface area contributed by atoms with Crippen molar-refractivity contribution in [3.63, 3.8) is 0 Å². The number of amides is 3. The molecule has 4 N–H and O–H groups in total. The first-order chi connectivity index (χ1) is 12.9. The van der Waals surface area contributed by atoms with Crippen molar-refractivity contribution in [2.24, 2.45) is 5.73 Å². The molecule has 0 unspecified atom stereocenters. The molecule has 0 bridgehead atoms. The van der Waals surface area contributed by atoms with E-state index in [2.05, 4.69) is 15.5 Å². The van der Waals surface area contributed by atoms with Crippen LogP contribution in [0.2, 0.25) is 5.02 Å². The van der Waals surface area contributed by atoms with Gasteiger partial charge in [0.05, 0.1) is 18.8 Å². The van der Waals surface area contributed by atoms with Gasteiger partial charge in [-0.25, -0.2) is 4.79 Å². The Labute approximate surface area is 166 Å². The first kappa shape index (κ1) is 19.6. The minimum Gasteiger partial charge on any atom is -0.379 e. The highest BCUT2D eigenvalue weighted by Crippen LogP contribution is 2.34. The predicted molar refractivity (Wildman–Crippen MR) is 108 cm³/mol. The van der Waals surface area contributed by atoms with E-state index in [4.69, 9.17) is 22.1 Å². The number of anilines is 2. The number of halogens is 1. The van der Waals surface area contributed by atoms with Crippen LogP contribution in [0.4, 0.5) is 15.5 Å². The van der Waals surface area contributed by atoms with E-state index in [1.54, 1.807) is 24.3 Å². The van der Waals surface area contributed by atoms with Gasteiger partial charge >= 0.3 is 6.03 Å². The zero-order valence-corrected chi connectivity index (χ0v) is 16.5.